The van der Waals surface area contributed by atoms with Gasteiger partial charge in [-0.1, -0.05) is 96.9 Å². The van der Waals surface area contributed by atoms with Gasteiger partial charge in [0.1, 0.15) is 11.7 Å². The summed E-state index contributed by atoms with van der Waals surface area (Å²) in [5, 5.41) is 3.35. The van der Waals surface area contributed by atoms with Crippen LogP contribution in [0.3, 0.4) is 0 Å². The van der Waals surface area contributed by atoms with E-state index in [1.165, 1.54) is 29.6 Å². The lowest BCUT2D eigenvalue weighted by Crippen LogP contribution is -2.49. The number of carbonyl (C=O) groups is 1. The Morgan fingerprint density at radius 1 is 0.722 bits per heavy atom. The zero-order chi connectivity index (χ0) is 41.2. The fourth-order valence-corrected chi connectivity index (χ4v) is 9.64. The van der Waals surface area contributed by atoms with E-state index in [0.717, 1.165) is 31.1 Å². The van der Waals surface area contributed by atoms with Crippen molar-refractivity contribution in [3.63, 3.8) is 0 Å². The van der Waals surface area contributed by atoms with Crippen LogP contribution in [0.4, 0.5) is 0 Å². The molecule has 1 amide bonds. The Kier molecular flexibility index (Phi) is 12.6. The minimum Gasteiger partial charge on any atom is -0.356 e. The maximum absolute atomic E-state index is 13.7. The normalized spacial score (nSPS) is 24.9. The van der Waals surface area contributed by atoms with Crippen LogP contribution in [0, 0.1) is 38.9 Å². The summed E-state index contributed by atoms with van der Waals surface area (Å²) < 4.78 is 29.0. The number of nitrogens with zero attached hydrogens (tertiary/aromatic N) is 4. The van der Waals surface area contributed by atoms with Crippen LogP contribution >= 0.6 is 12.6 Å². The van der Waals surface area contributed by atoms with E-state index in [-0.39, 0.29) is 51.0 Å². The van der Waals surface area contributed by atoms with Crippen LogP contribution in [0.15, 0.2) is 32.5 Å². The molecule has 54 heavy (non-hydrogen) atoms. The molecule has 0 aromatic carbocycles. The fraction of sp³-hybridized carbons (Fsp3) is 0.833. The molecule has 4 atom stereocenters. The van der Waals surface area contributed by atoms with Crippen molar-refractivity contribution in [1.29, 1.82) is 0 Å². The second-order valence-electron chi connectivity index (χ2n) is 21.8. The Morgan fingerprint density at radius 3 is 1.63 bits per heavy atom. The highest BCUT2D eigenvalue weighted by atomic mass is 32.2. The zero-order valence-corrected chi connectivity index (χ0v) is 38.5. The third-order valence-corrected chi connectivity index (χ3v) is 12.8. The maximum atomic E-state index is 13.7. The smallest absolute Gasteiger partial charge is 0.276 e. The van der Waals surface area contributed by atoms with Crippen LogP contribution in [-0.2, 0) is 15.0 Å². The molecule has 4 aliphatic rings. The second-order valence-corrected chi connectivity index (χ2v) is 24.6. The maximum Gasteiger partial charge on any atom is 0.276 e. The summed E-state index contributed by atoms with van der Waals surface area (Å²) in [4.78, 5) is 29.4. The molecule has 0 spiro atoms. The van der Waals surface area contributed by atoms with Gasteiger partial charge in [-0.3, -0.25) is 14.8 Å². The van der Waals surface area contributed by atoms with Crippen molar-refractivity contribution in [1.82, 2.24) is 24.6 Å². The van der Waals surface area contributed by atoms with Gasteiger partial charge < -0.3 is 15.1 Å². The number of amidine groups is 2. The average Bonchev–Trinajstić information content (AvgIpc) is 3.62. The van der Waals surface area contributed by atoms with E-state index < -0.39 is 15.0 Å². The van der Waals surface area contributed by atoms with E-state index in [2.05, 4.69) is 135 Å². The number of fused-ring (bicyclic) bond motifs is 2. The highest BCUT2D eigenvalue weighted by molar-refractivity contribution is 7.87. The Bertz CT molecular complexity index is 1670. The van der Waals surface area contributed by atoms with Gasteiger partial charge in [-0.05, 0) is 77.8 Å². The van der Waals surface area contributed by atoms with Crippen LogP contribution in [0.5, 0.6) is 0 Å². The van der Waals surface area contributed by atoms with E-state index in [0.29, 0.717) is 38.4 Å². The first-order valence-electron chi connectivity index (χ1n) is 20.1. The molecule has 0 saturated carbocycles. The van der Waals surface area contributed by atoms with Crippen LogP contribution < -0.4 is 14.8 Å². The van der Waals surface area contributed by atoms with Crippen molar-refractivity contribution < 1.29 is 13.2 Å². The topological polar surface area (TPSA) is 118 Å². The number of nitrogens with one attached hydrogen (secondary N) is 3. The zero-order valence-electron chi connectivity index (χ0n) is 36.8. The number of carbonyl (C=O) groups excluding carboxylic acids is 1. The van der Waals surface area contributed by atoms with E-state index in [4.69, 9.17) is 22.6 Å². The fourth-order valence-electron chi connectivity index (χ4n) is 8.86. The molecule has 10 nitrogen and oxygen atoms in total. The molecule has 4 unspecified atom stereocenters. The average molecular weight is 790 g/mol. The largest absolute Gasteiger partial charge is 0.356 e. The number of amides is 1. The second kappa shape index (κ2) is 15.1. The highest BCUT2D eigenvalue weighted by Crippen LogP contribution is 2.50. The molecule has 4 aliphatic heterocycles. The van der Waals surface area contributed by atoms with Gasteiger partial charge in [0.25, 0.3) is 10.2 Å². The molecule has 2 saturated heterocycles. The van der Waals surface area contributed by atoms with Gasteiger partial charge in [-0.15, -0.1) is 0 Å². The number of allylic oxidation sites excluding steroid dienone is 2. The lowest BCUT2D eigenvalue weighted by atomic mass is 9.68. The number of rotatable bonds is 11. The summed E-state index contributed by atoms with van der Waals surface area (Å²) in [5.41, 5.74) is 4.70. The molecule has 0 bridgehead atoms. The van der Waals surface area contributed by atoms with Crippen molar-refractivity contribution in [2.24, 2.45) is 48.9 Å². The highest BCUT2D eigenvalue weighted by Gasteiger charge is 2.49. The molecule has 12 heteroatoms. The number of hydrogen-bond acceptors (Lipinski definition) is 8. The molecule has 0 aliphatic carbocycles. The molecular formula is C42H75N7O3S2. The Labute approximate surface area is 334 Å². The van der Waals surface area contributed by atoms with Gasteiger partial charge in [0, 0.05) is 56.5 Å². The summed E-state index contributed by atoms with van der Waals surface area (Å²) in [6.45, 7) is 38.5. The molecule has 0 aromatic rings. The third-order valence-electron chi connectivity index (χ3n) is 11.5. The predicted octanol–water partition coefficient (Wildman–Crippen LogP) is 7.57. The van der Waals surface area contributed by atoms with E-state index >= 15 is 0 Å². The van der Waals surface area contributed by atoms with Gasteiger partial charge in [0.2, 0.25) is 5.91 Å². The van der Waals surface area contributed by atoms with Crippen molar-refractivity contribution in [2.45, 2.75) is 153 Å². The van der Waals surface area contributed by atoms with Crippen molar-refractivity contribution in [2.75, 3.05) is 33.2 Å². The monoisotopic (exact) mass is 790 g/mol. The van der Waals surface area contributed by atoms with Gasteiger partial charge in [0.15, 0.2) is 0 Å². The van der Waals surface area contributed by atoms with Gasteiger partial charge in [0.05, 0.1) is 16.8 Å². The summed E-state index contributed by atoms with van der Waals surface area (Å²) in [6, 6.07) is -0.0314. The van der Waals surface area contributed by atoms with E-state index in [9.17, 15) is 13.2 Å². The number of hydrogen-bond donors (Lipinski definition) is 4. The van der Waals surface area contributed by atoms with Gasteiger partial charge in [-0.25, -0.2) is 9.44 Å². The molecule has 308 valence electrons. The van der Waals surface area contributed by atoms with Crippen LogP contribution in [-0.4, -0.2) is 85.9 Å². The first kappa shape index (κ1) is 44.8. The van der Waals surface area contributed by atoms with Gasteiger partial charge >= 0.3 is 0 Å². The molecule has 4 rings (SSSR count). The SMILES string of the molecule is CNS(=O)(=O)NCC1CC2=C(C(C)(C)C)C(C(C)(C)CCC(=O)NCC3CC4=C(C(C)(C)C)C(C(C)(C)C)N=C(C(C)(C)C)N4C3)N=C(C(C)(C)S)N2C1. The van der Waals surface area contributed by atoms with Crippen LogP contribution in [0.1, 0.15) is 136 Å². The number of aliphatic imine (C=N–C) groups is 2. The number of thiol groups is 1. The quantitative estimate of drug-likeness (QED) is 0.161. The Balaban J connectivity index is 1.53. The lowest BCUT2D eigenvalue weighted by Gasteiger charge is -2.46. The predicted molar refractivity (Wildman–Crippen MR) is 229 cm³/mol. The molecule has 0 radical (unpaired) electrons. The molecular weight excluding hydrogens is 715 g/mol. The van der Waals surface area contributed by atoms with Crippen molar-refractivity contribution in [3.8, 4) is 0 Å². The summed E-state index contributed by atoms with van der Waals surface area (Å²) in [5.74, 6) is 2.54. The first-order valence-corrected chi connectivity index (χ1v) is 22.1. The molecule has 4 heterocycles. The molecule has 2 fully saturated rings. The molecule has 3 N–H and O–H groups in total. The van der Waals surface area contributed by atoms with E-state index in [1.54, 1.807) is 0 Å². The Hall–Kier alpha value is -1.89. The minimum absolute atomic E-state index is 0.00361. The summed E-state index contributed by atoms with van der Waals surface area (Å²) in [7, 11) is -2.12. The summed E-state index contributed by atoms with van der Waals surface area (Å²) in [6.07, 6.45) is 2.78. The Morgan fingerprint density at radius 2 is 1.19 bits per heavy atom. The first-order chi connectivity index (χ1) is 24.3. The van der Waals surface area contributed by atoms with Crippen LogP contribution in [0.25, 0.3) is 0 Å². The van der Waals surface area contributed by atoms with Crippen molar-refractivity contribution in [3.05, 3.63) is 22.5 Å². The van der Waals surface area contributed by atoms with E-state index in [1.807, 2.05) is 0 Å². The van der Waals surface area contributed by atoms with Crippen molar-refractivity contribution >= 4 is 40.4 Å². The lowest BCUT2D eigenvalue weighted by molar-refractivity contribution is -0.121. The minimum atomic E-state index is -3.54. The van der Waals surface area contributed by atoms with Crippen LogP contribution in [0.2, 0.25) is 0 Å². The van der Waals surface area contributed by atoms with Gasteiger partial charge in [-0.2, -0.15) is 21.0 Å². The third kappa shape index (κ3) is 9.97. The standard InChI is InChI=1S/C42H75N7O3S2/c1-37(2,3)31-28-20-26(24-48(28)35(40(10,11)12)46-33(31)39(7,8)9)22-44-30(50)18-19-41(13,14)34-32(38(4,5)6)29-21-27(23-45-54(51,52)43-17)25-49(29)36(47-34)42(15,16)53/h26-27,33-34,43,45,53H,18-25H2,1-17H3,(H,44,50). The summed E-state index contributed by atoms with van der Waals surface area (Å²) >= 11 is 5.01. The molecule has 0 aromatic heterocycles.